The van der Waals surface area contributed by atoms with Crippen molar-refractivity contribution in [3.05, 3.63) is 61.1 Å². The number of hydrogen-bond donors (Lipinski definition) is 2. The fraction of sp³-hybridized carbons (Fsp3) is 0.143. The molecule has 0 fully saturated rings. The van der Waals surface area contributed by atoms with Crippen LogP contribution in [0.2, 0.25) is 0 Å². The summed E-state index contributed by atoms with van der Waals surface area (Å²) in [6.07, 6.45) is 3.50. The van der Waals surface area contributed by atoms with E-state index in [1.54, 1.807) is 7.11 Å². The number of aromatic nitrogens is 3. The molecule has 4 rings (SSSR count). The molecule has 2 aromatic heterocycles. The molecule has 0 saturated heterocycles. The largest absolute Gasteiger partial charge is 0.497 e. The van der Waals surface area contributed by atoms with Gasteiger partial charge in [0.1, 0.15) is 35.5 Å². The summed E-state index contributed by atoms with van der Waals surface area (Å²) in [6.45, 7) is 0.963. The Labute approximate surface area is 162 Å². The van der Waals surface area contributed by atoms with E-state index in [0.717, 1.165) is 39.3 Å². The summed E-state index contributed by atoms with van der Waals surface area (Å²) in [5, 5.41) is 0. The predicted octanol–water partition coefficient (Wildman–Crippen LogP) is 3.02. The van der Waals surface area contributed by atoms with Gasteiger partial charge >= 0.3 is 0 Å². The Balaban J connectivity index is 1.85. The van der Waals surface area contributed by atoms with Crippen LogP contribution in [-0.2, 0) is 0 Å². The van der Waals surface area contributed by atoms with Gasteiger partial charge in [-0.1, -0.05) is 18.2 Å². The molecular weight excluding hydrogens is 354 g/mol. The first-order valence-corrected chi connectivity index (χ1v) is 8.90. The first-order chi connectivity index (χ1) is 13.7. The standard InChI is InChI=1S/C21H21N5O2/c1-27-17-4-2-3-15(11-17)26-12-18(19-20(26)21(23)25-13-24-19)14-5-7-16(8-6-14)28-10-9-22/h2-8,11-13H,9-10,22H2,1H3,(H2,23,24,25). The lowest BCUT2D eigenvalue weighted by Crippen LogP contribution is -2.10. The van der Waals surface area contributed by atoms with Crippen LogP contribution in [0.15, 0.2) is 61.1 Å². The second-order valence-corrected chi connectivity index (χ2v) is 6.23. The van der Waals surface area contributed by atoms with Gasteiger partial charge in [0.25, 0.3) is 0 Å². The number of benzene rings is 2. The number of anilines is 1. The number of nitrogens with two attached hydrogens (primary N) is 2. The van der Waals surface area contributed by atoms with Gasteiger partial charge < -0.3 is 25.5 Å². The summed E-state index contributed by atoms with van der Waals surface area (Å²) in [5.41, 5.74) is 16.1. The van der Waals surface area contributed by atoms with Crippen LogP contribution in [-0.4, -0.2) is 34.8 Å². The molecule has 2 aromatic carbocycles. The molecule has 0 aliphatic rings. The Bertz CT molecular complexity index is 1110. The average Bonchev–Trinajstić information content (AvgIpc) is 3.14. The first kappa shape index (κ1) is 17.8. The number of hydrogen-bond acceptors (Lipinski definition) is 6. The molecule has 0 spiro atoms. The second-order valence-electron chi connectivity index (χ2n) is 6.23. The molecule has 7 heteroatoms. The molecule has 28 heavy (non-hydrogen) atoms. The van der Waals surface area contributed by atoms with E-state index >= 15 is 0 Å². The molecule has 142 valence electrons. The Hall–Kier alpha value is -3.58. The Morgan fingerprint density at radius 1 is 1.04 bits per heavy atom. The van der Waals surface area contributed by atoms with Crippen LogP contribution in [0.3, 0.4) is 0 Å². The molecular formula is C21H21N5O2. The van der Waals surface area contributed by atoms with Crippen LogP contribution in [0, 0.1) is 0 Å². The zero-order valence-corrected chi connectivity index (χ0v) is 15.5. The number of fused-ring (bicyclic) bond motifs is 1. The normalized spacial score (nSPS) is 10.9. The molecule has 0 bridgehead atoms. The monoisotopic (exact) mass is 375 g/mol. The average molecular weight is 375 g/mol. The van der Waals surface area contributed by atoms with Crippen molar-refractivity contribution >= 4 is 16.9 Å². The predicted molar refractivity (Wildman–Crippen MR) is 110 cm³/mol. The molecule has 0 unspecified atom stereocenters. The van der Waals surface area contributed by atoms with Gasteiger partial charge in [0.05, 0.1) is 7.11 Å². The molecule has 0 atom stereocenters. The molecule has 0 aliphatic carbocycles. The number of rotatable bonds is 6. The van der Waals surface area contributed by atoms with Crippen molar-refractivity contribution in [1.82, 2.24) is 14.5 Å². The van der Waals surface area contributed by atoms with Crippen LogP contribution in [0.4, 0.5) is 5.82 Å². The smallest absolute Gasteiger partial charge is 0.151 e. The van der Waals surface area contributed by atoms with Gasteiger partial charge in [-0.25, -0.2) is 9.97 Å². The molecule has 0 aliphatic heterocycles. The summed E-state index contributed by atoms with van der Waals surface area (Å²) in [5.74, 6) is 1.96. The number of nitrogens with zero attached hydrogens (tertiary/aromatic N) is 3. The highest BCUT2D eigenvalue weighted by molar-refractivity contribution is 5.98. The van der Waals surface area contributed by atoms with Crippen LogP contribution in [0.1, 0.15) is 0 Å². The number of ether oxygens (including phenoxy) is 2. The SMILES string of the molecule is COc1cccc(-n2cc(-c3ccc(OCCN)cc3)c3ncnc(N)c32)c1. The molecule has 0 saturated carbocycles. The van der Waals surface area contributed by atoms with Crippen molar-refractivity contribution in [2.45, 2.75) is 0 Å². The molecule has 4 aromatic rings. The highest BCUT2D eigenvalue weighted by atomic mass is 16.5. The van der Waals surface area contributed by atoms with Crippen LogP contribution < -0.4 is 20.9 Å². The topological polar surface area (TPSA) is 101 Å². The fourth-order valence-electron chi connectivity index (χ4n) is 3.16. The van der Waals surface area contributed by atoms with Crippen molar-refractivity contribution in [3.63, 3.8) is 0 Å². The van der Waals surface area contributed by atoms with Crippen LogP contribution in [0.5, 0.6) is 11.5 Å². The van der Waals surface area contributed by atoms with E-state index in [1.165, 1.54) is 6.33 Å². The summed E-state index contributed by atoms with van der Waals surface area (Å²) in [7, 11) is 1.64. The van der Waals surface area contributed by atoms with Gasteiger partial charge in [0.15, 0.2) is 5.82 Å². The highest BCUT2D eigenvalue weighted by Crippen LogP contribution is 2.34. The maximum absolute atomic E-state index is 6.20. The van der Waals surface area contributed by atoms with E-state index in [0.29, 0.717) is 19.0 Å². The minimum absolute atomic E-state index is 0.418. The summed E-state index contributed by atoms with van der Waals surface area (Å²) in [4.78, 5) is 8.66. The molecule has 7 nitrogen and oxygen atoms in total. The lowest BCUT2D eigenvalue weighted by Gasteiger charge is -2.08. The van der Waals surface area contributed by atoms with E-state index in [2.05, 4.69) is 9.97 Å². The zero-order valence-electron chi connectivity index (χ0n) is 15.5. The van der Waals surface area contributed by atoms with E-state index < -0.39 is 0 Å². The lowest BCUT2D eigenvalue weighted by atomic mass is 10.1. The molecule has 4 N–H and O–H groups in total. The summed E-state index contributed by atoms with van der Waals surface area (Å²) < 4.78 is 12.9. The van der Waals surface area contributed by atoms with Gasteiger partial charge in [-0.05, 0) is 29.8 Å². The van der Waals surface area contributed by atoms with E-state index in [-0.39, 0.29) is 0 Å². The van der Waals surface area contributed by atoms with Gasteiger partial charge in [0.2, 0.25) is 0 Å². The van der Waals surface area contributed by atoms with Crippen molar-refractivity contribution in [1.29, 1.82) is 0 Å². The van der Waals surface area contributed by atoms with E-state index in [9.17, 15) is 0 Å². The first-order valence-electron chi connectivity index (χ1n) is 8.90. The van der Waals surface area contributed by atoms with Gasteiger partial charge in [-0.15, -0.1) is 0 Å². The maximum atomic E-state index is 6.20. The number of methoxy groups -OCH3 is 1. The fourth-order valence-corrected chi connectivity index (χ4v) is 3.16. The van der Waals surface area contributed by atoms with E-state index in [4.69, 9.17) is 20.9 Å². The van der Waals surface area contributed by atoms with E-state index in [1.807, 2.05) is 59.3 Å². The molecule has 0 amide bonds. The summed E-state index contributed by atoms with van der Waals surface area (Å²) >= 11 is 0. The Morgan fingerprint density at radius 2 is 1.86 bits per heavy atom. The third-order valence-electron chi connectivity index (χ3n) is 4.49. The third-order valence-corrected chi connectivity index (χ3v) is 4.49. The third kappa shape index (κ3) is 3.23. The second kappa shape index (κ2) is 7.58. The van der Waals surface area contributed by atoms with Crippen LogP contribution >= 0.6 is 0 Å². The summed E-state index contributed by atoms with van der Waals surface area (Å²) in [6, 6.07) is 15.6. The molecule has 2 heterocycles. The van der Waals surface area contributed by atoms with Gasteiger partial charge in [0, 0.05) is 30.1 Å². The zero-order chi connectivity index (χ0) is 19.5. The van der Waals surface area contributed by atoms with Gasteiger partial charge in [-0.3, -0.25) is 0 Å². The Kier molecular flexibility index (Phi) is 4.82. The Morgan fingerprint density at radius 3 is 2.61 bits per heavy atom. The maximum Gasteiger partial charge on any atom is 0.151 e. The van der Waals surface area contributed by atoms with Gasteiger partial charge in [-0.2, -0.15) is 0 Å². The van der Waals surface area contributed by atoms with Crippen molar-refractivity contribution in [3.8, 4) is 28.3 Å². The van der Waals surface area contributed by atoms with Crippen molar-refractivity contribution < 1.29 is 9.47 Å². The lowest BCUT2D eigenvalue weighted by molar-refractivity contribution is 0.328. The molecule has 0 radical (unpaired) electrons. The van der Waals surface area contributed by atoms with Crippen molar-refractivity contribution in [2.75, 3.05) is 26.0 Å². The van der Waals surface area contributed by atoms with Crippen molar-refractivity contribution in [2.24, 2.45) is 5.73 Å². The minimum Gasteiger partial charge on any atom is -0.497 e. The highest BCUT2D eigenvalue weighted by Gasteiger charge is 2.16. The quantitative estimate of drug-likeness (QED) is 0.537. The number of nitrogen functional groups attached to an aromatic ring is 1. The van der Waals surface area contributed by atoms with Crippen LogP contribution in [0.25, 0.3) is 27.8 Å². The minimum atomic E-state index is 0.418.